The maximum absolute atomic E-state index is 12.6. The van der Waals surface area contributed by atoms with E-state index in [0.29, 0.717) is 35.9 Å². The summed E-state index contributed by atoms with van der Waals surface area (Å²) >= 11 is 0. The van der Waals surface area contributed by atoms with Crippen molar-refractivity contribution in [1.29, 1.82) is 5.53 Å². The number of benzene rings is 4. The lowest BCUT2D eigenvalue weighted by molar-refractivity contribution is -0.119. The number of nitrogens with zero attached hydrogens (tertiary/aromatic N) is 20. The van der Waals surface area contributed by atoms with Gasteiger partial charge in [-0.2, -0.15) is 71.4 Å². The van der Waals surface area contributed by atoms with Crippen LogP contribution < -0.4 is 87.0 Å². The Labute approximate surface area is 723 Å². The Bertz CT molecular complexity index is 4210. The molecule has 0 aromatic heterocycles. The number of nitrogens with two attached hydrogens (primary N) is 14. The maximum atomic E-state index is 12.6. The normalized spacial score (nSPS) is 16.4. The summed E-state index contributed by atoms with van der Waals surface area (Å²) in [5.74, 6) is 67.4. The van der Waals surface area contributed by atoms with Crippen molar-refractivity contribution in [1.82, 2.24) is 0 Å². The number of nitrogens with one attached hydrogen (secondary N) is 2. The van der Waals surface area contributed by atoms with Crippen molar-refractivity contribution >= 4 is 146 Å². The van der Waals surface area contributed by atoms with Crippen LogP contribution in [0.4, 0.5) is 11.4 Å². The molecule has 1 aliphatic rings. The van der Waals surface area contributed by atoms with E-state index in [1.807, 2.05) is 154 Å². The van der Waals surface area contributed by atoms with Gasteiger partial charge >= 0.3 is 0 Å². The highest BCUT2D eigenvalue weighted by Crippen LogP contribution is 2.25. The first-order valence-corrected chi connectivity index (χ1v) is 39.6. The van der Waals surface area contributed by atoms with Crippen LogP contribution in [0.3, 0.4) is 0 Å². The molecule has 0 bridgehead atoms. The zero-order chi connectivity index (χ0) is 92.9. The number of ether oxygens (including phenoxy) is 1. The fourth-order valence-corrected chi connectivity index (χ4v) is 11.5. The molecule has 0 radical (unpaired) electrons. The quantitative estimate of drug-likeness (QED) is 0.00917. The molecule has 0 saturated heterocycles. The maximum Gasteiger partial charge on any atom is 0.146 e. The molecule has 4 aromatic carbocycles. The van der Waals surface area contributed by atoms with Crippen LogP contribution in [-0.2, 0) is 20.3 Å². The molecule has 1 fully saturated rings. The Morgan fingerprint density at radius 3 is 1.38 bits per heavy atom. The van der Waals surface area contributed by atoms with Gasteiger partial charge in [-0.1, -0.05) is 55.0 Å². The van der Waals surface area contributed by atoms with Crippen LogP contribution in [0.1, 0.15) is 170 Å². The molecule has 0 spiro atoms. The van der Waals surface area contributed by atoms with Crippen LogP contribution in [0, 0.1) is 35.1 Å². The molecule has 0 aliphatic heterocycles. The van der Waals surface area contributed by atoms with E-state index in [9.17, 15) is 9.00 Å². The van der Waals surface area contributed by atoms with Crippen LogP contribution in [0.2, 0.25) is 0 Å². The van der Waals surface area contributed by atoms with Gasteiger partial charge in [0.2, 0.25) is 0 Å². The molecule has 5 rings (SSSR count). The third kappa shape index (κ3) is 48.6. The van der Waals surface area contributed by atoms with Crippen molar-refractivity contribution in [3.63, 3.8) is 0 Å². The number of hydrazone groups is 13. The third-order valence-electron chi connectivity index (χ3n) is 18.4. The van der Waals surface area contributed by atoms with Crippen LogP contribution in [-0.4, -0.2) is 184 Å². The van der Waals surface area contributed by atoms with Crippen molar-refractivity contribution in [2.75, 3.05) is 54.7 Å². The molecule has 8 atom stereocenters. The first-order chi connectivity index (χ1) is 58.4. The van der Waals surface area contributed by atoms with Crippen molar-refractivity contribution in [2.24, 2.45) is 213 Å². The summed E-state index contributed by atoms with van der Waals surface area (Å²) in [6.45, 7) is 22.5. The zero-order valence-corrected chi connectivity index (χ0v) is 75.4. The molecular formula is C82H138N36O3S. The molecule has 0 amide bonds. The van der Waals surface area contributed by atoms with Crippen molar-refractivity contribution in [3.8, 4) is 0 Å². The number of aliphatic imine (C=N–C) groups is 6. The second-order valence-corrected chi connectivity index (χ2v) is 28.5. The number of carbonyl (C=O) groups is 1. The van der Waals surface area contributed by atoms with Crippen molar-refractivity contribution < 1.29 is 13.7 Å². The lowest BCUT2D eigenvalue weighted by Gasteiger charge is -2.22. The highest BCUT2D eigenvalue weighted by Gasteiger charge is 2.25. The van der Waals surface area contributed by atoms with Gasteiger partial charge in [0.15, 0.2) is 0 Å². The number of Topliss-reactive ketones (excluding diaryl/α,β-unsaturated/α-hetero) is 1. The lowest BCUT2D eigenvalue weighted by atomic mass is 9.84. The van der Waals surface area contributed by atoms with Gasteiger partial charge in [-0.15, -0.1) is 0 Å². The fourth-order valence-electron chi connectivity index (χ4n) is 10.5. The highest BCUT2D eigenvalue weighted by molar-refractivity contribution is 7.85. The van der Waals surface area contributed by atoms with E-state index >= 15 is 0 Å². The summed E-state index contributed by atoms with van der Waals surface area (Å²) in [6, 6.07) is 30.1. The van der Waals surface area contributed by atoms with E-state index in [-0.39, 0.29) is 36.1 Å². The molecule has 122 heavy (non-hydrogen) atoms. The predicted octanol–water partition coefficient (Wildman–Crippen LogP) is 8.69. The van der Waals surface area contributed by atoms with Gasteiger partial charge in [-0.25, -0.2) is 9.74 Å². The van der Waals surface area contributed by atoms with E-state index in [2.05, 4.69) is 114 Å². The topological polar surface area (TPSA) is 691 Å². The van der Waals surface area contributed by atoms with E-state index in [1.54, 1.807) is 93.0 Å². The second-order valence-electron chi connectivity index (χ2n) is 27.0. The number of anilines is 1. The Kier molecular flexibility index (Phi) is 64.5. The largest absolute Gasteiger partial charge is 0.404 e. The number of hydrogen-bond donors (Lipinski definition) is 16. The molecular weight excluding hydrogens is 1570 g/mol. The fraction of sp³-hybridized carbons (Fsp3) is 0.439. The molecule has 0 heterocycles. The summed E-state index contributed by atoms with van der Waals surface area (Å²) in [5.41, 5.74) is 29.4. The summed E-state index contributed by atoms with van der Waals surface area (Å²) in [6.07, 6.45) is 19.8. The zero-order valence-electron chi connectivity index (χ0n) is 74.6. The smallest absolute Gasteiger partial charge is 0.146 e. The lowest BCUT2D eigenvalue weighted by Crippen LogP contribution is -2.32. The van der Waals surface area contributed by atoms with Crippen molar-refractivity contribution in [2.45, 2.75) is 169 Å². The molecule has 1 saturated carbocycles. The van der Waals surface area contributed by atoms with E-state index in [4.69, 9.17) is 92.0 Å². The van der Waals surface area contributed by atoms with Gasteiger partial charge in [0.25, 0.3) is 0 Å². The number of carbonyl (C=O) groups excluding carboxylic acids is 1. The summed E-state index contributed by atoms with van der Waals surface area (Å²) < 4.78 is 18.3. The van der Waals surface area contributed by atoms with Crippen LogP contribution in [0.25, 0.3) is 5.57 Å². The molecule has 4 aromatic rings. The minimum absolute atomic E-state index is 0.0254. The molecule has 8 unspecified atom stereocenters. The average Bonchev–Trinajstić information content (AvgIpc) is 0.834. The minimum atomic E-state index is -1.22. The number of ketones is 1. The highest BCUT2D eigenvalue weighted by atomic mass is 32.2. The Morgan fingerprint density at radius 2 is 0.959 bits per heavy atom. The van der Waals surface area contributed by atoms with Gasteiger partial charge in [-0.3, -0.25) is 34.7 Å². The summed E-state index contributed by atoms with van der Waals surface area (Å²) in [4.78, 5) is 37.9. The molecule has 39 nitrogen and oxygen atoms in total. The second kappa shape index (κ2) is 69.7. The van der Waals surface area contributed by atoms with Crippen LogP contribution >= 0.6 is 0 Å². The van der Waals surface area contributed by atoms with Gasteiger partial charge in [-0.05, 0) is 204 Å². The summed E-state index contributed by atoms with van der Waals surface area (Å²) in [5, 5.41) is 52.8. The predicted molar refractivity (Wildman–Crippen MR) is 518 cm³/mol. The Morgan fingerprint density at radius 1 is 0.492 bits per heavy atom. The van der Waals surface area contributed by atoms with Gasteiger partial charge in [0, 0.05) is 190 Å². The van der Waals surface area contributed by atoms with Gasteiger partial charge in [0.05, 0.1) is 52.5 Å². The number of rotatable bonds is 33. The van der Waals surface area contributed by atoms with Crippen molar-refractivity contribution in [3.05, 3.63) is 126 Å². The number of hydrogen-bond acceptors (Lipinski definition) is 39. The van der Waals surface area contributed by atoms with Crippen LogP contribution in [0.15, 0.2) is 214 Å². The number of allylic oxidation sites excluding steroid dienone is 1. The monoisotopic (exact) mass is 1710 g/mol. The van der Waals surface area contributed by atoms with E-state index in [0.717, 1.165) is 120 Å². The average molecular weight is 1710 g/mol. The molecule has 670 valence electrons. The minimum Gasteiger partial charge on any atom is -0.404 e. The first-order valence-electron chi connectivity index (χ1n) is 38.5. The van der Waals surface area contributed by atoms with Gasteiger partial charge < -0.3 is 91.7 Å². The van der Waals surface area contributed by atoms with Gasteiger partial charge in [0.1, 0.15) is 18.0 Å². The third-order valence-corrected chi connectivity index (χ3v) is 19.8. The SMILES string of the molecule is C/C(=C/N)c1ccc(S(=O)c2ccc(/C(C)=N\N)cc2)cc1.CN=C(C)C/C(C)=N\N.CN=C(C)C1CCCC/C1=N\N.CN=C(C)CC(/C=N/N)OC(/C=N/N)/C(C)=N\N.CN=C(C)CC(=O)C(/C=N/N)CC(/C=N/N)/C(C)=N\N.CN=C(C)CC(CC(/C=N/N)/C(C)=N\N)/C(C)=N/N.CN=Cc1ccc(/C=N/N)cc1.CNc1ccc(N=N)cc1. The molecule has 40 heteroatoms. The van der Waals surface area contributed by atoms with Crippen LogP contribution in [0.5, 0.6) is 0 Å². The molecule has 1 aliphatic carbocycles. The Hall–Kier alpha value is -13.3. The Balaban J connectivity index is -0.00000135. The standard InChI is InChI=1S/C17H19N3OS.C12H23N7O.C12H25N7.C10H21N7O.C9H17N3.C9H11N3.C7H9N3.C6H13N3/c1-12(11-18)14-3-7-16(8-4-14)22(21)17-9-5-15(6-10-17)13(2)20-19;1-8(16-3)4-12(20)11(7-18-14)5-10(6-17-13)9(2)19-15;1-8(16-4)5-11(9(2)18-14)6-12(7-17-13)10(3)19-15;1-7(14-3)4-9(5-15-11)18-10(6-16-12)8(2)17-13;1-7(11-2)8-5-3-4-6-9(8)12-10;1-11-6-8-2-4-9(5-3-8)7-12-10;1-9-6-2-4-7(10-8)5-3-6;1-5(8-3)4-6(2)9-7/h3-11H,18-19H2,1-2H3;6-7,10-11H,4-5,13-15H2,1-3H3;7,11-12H,5-6,13-15H2,1-4H3;5-6,9-10H,4,11-13H2,1-3H3;8H,3-6,10H2,1-2H3;2-7H,10H2,1H3;2-5,8-9H,1H3;4,7H2,1-3H3/b12-11-,20-13-;16-8?,17-6+,18-7+,19-9-;16-8?,17-7+,18-9+,19-10-;14-7?,15-5+,16-6+,17-8-;11-7?,12-9+;11-6?,12-7+;;8-5?,9-6-. The van der Waals surface area contributed by atoms with E-state index < -0.39 is 22.8 Å². The van der Waals surface area contributed by atoms with E-state index in [1.165, 1.54) is 49.8 Å². The first kappa shape index (κ1) is 113. The molecule has 30 N–H and O–H groups in total. The summed E-state index contributed by atoms with van der Waals surface area (Å²) in [7, 11) is 11.1.